The molecule has 1 heterocycles. The molecule has 0 radical (unpaired) electrons. The Morgan fingerprint density at radius 2 is 1.61 bits per heavy atom. The fourth-order valence-electron chi connectivity index (χ4n) is 3.11. The molecule has 0 unspecified atom stereocenters. The van der Waals surface area contributed by atoms with Crippen molar-refractivity contribution in [1.29, 1.82) is 0 Å². The number of phenols is 1. The minimum Gasteiger partial charge on any atom is -0.508 e. The molecule has 10 nitrogen and oxygen atoms in total. The Balaban J connectivity index is 2.21. The molecule has 164 valence electrons. The molecule has 0 aromatic heterocycles. The summed E-state index contributed by atoms with van der Waals surface area (Å²) in [4.78, 5) is 25.2. The molecule has 0 saturated heterocycles. The molecular weight excluding hydrogens is 430 g/mol. The lowest BCUT2D eigenvalue weighted by molar-refractivity contribution is -0.140. The van der Waals surface area contributed by atoms with E-state index in [1.807, 2.05) is 0 Å². The quantitative estimate of drug-likeness (QED) is 0.512. The number of carbonyl (C=O) groups excluding carboxylic acids is 2. The van der Waals surface area contributed by atoms with Crippen molar-refractivity contribution in [2.45, 2.75) is 4.90 Å². The van der Waals surface area contributed by atoms with E-state index in [0.717, 1.165) is 19.1 Å². The molecule has 11 heteroatoms. The molecule has 0 spiro atoms. The number of methoxy groups -OCH3 is 2. The Labute approximate surface area is 178 Å². The first-order valence-corrected chi connectivity index (χ1v) is 10.3. The van der Waals surface area contributed by atoms with E-state index in [1.165, 1.54) is 24.3 Å². The minimum absolute atomic E-state index is 0.0315. The lowest BCUT2D eigenvalue weighted by Gasteiger charge is -2.32. The molecule has 0 aliphatic carbocycles. The number of rotatable bonds is 5. The van der Waals surface area contributed by atoms with Gasteiger partial charge in [-0.05, 0) is 35.4 Å². The molecule has 2 aromatic rings. The van der Waals surface area contributed by atoms with Crippen LogP contribution in [0, 0.1) is 0 Å². The fraction of sp³-hybridized carbons (Fsp3) is 0.200. The fourth-order valence-corrected chi connectivity index (χ4v) is 3.83. The van der Waals surface area contributed by atoms with Crippen molar-refractivity contribution in [2.75, 3.05) is 32.5 Å². The van der Waals surface area contributed by atoms with Crippen LogP contribution in [0.1, 0.15) is 0 Å². The molecule has 0 fully saturated rings. The van der Waals surface area contributed by atoms with Gasteiger partial charge in [0, 0.05) is 0 Å². The molecule has 1 aliphatic rings. The van der Waals surface area contributed by atoms with Gasteiger partial charge in [0.05, 0.1) is 32.1 Å². The van der Waals surface area contributed by atoms with Crippen LogP contribution >= 0.6 is 0 Å². The SMILES string of the molecule is COC(=O)C1=C(C(=O)OC)N(c2ccc(-c3ccc(O)cc3)cc2S(=O)(=O)O)COC1. The van der Waals surface area contributed by atoms with E-state index >= 15 is 0 Å². The molecule has 31 heavy (non-hydrogen) atoms. The van der Waals surface area contributed by atoms with E-state index in [2.05, 4.69) is 4.74 Å². The Morgan fingerprint density at radius 3 is 2.19 bits per heavy atom. The van der Waals surface area contributed by atoms with Gasteiger partial charge in [-0.3, -0.25) is 4.55 Å². The number of hydrogen-bond acceptors (Lipinski definition) is 9. The third-order valence-corrected chi connectivity index (χ3v) is 5.45. The van der Waals surface area contributed by atoms with Crippen LogP contribution < -0.4 is 4.90 Å². The predicted octanol–water partition coefficient (Wildman–Crippen LogP) is 1.70. The van der Waals surface area contributed by atoms with Gasteiger partial charge in [0.1, 0.15) is 23.1 Å². The number of anilines is 1. The zero-order chi connectivity index (χ0) is 22.8. The number of benzene rings is 2. The summed E-state index contributed by atoms with van der Waals surface area (Å²) in [6.45, 7) is -0.535. The summed E-state index contributed by atoms with van der Waals surface area (Å²) < 4.78 is 49.0. The normalized spacial score (nSPS) is 14.4. The van der Waals surface area contributed by atoms with Crippen LogP contribution in [-0.4, -0.2) is 57.6 Å². The lowest BCUT2D eigenvalue weighted by Crippen LogP contribution is -2.39. The lowest BCUT2D eigenvalue weighted by atomic mass is 10.0. The maximum Gasteiger partial charge on any atom is 0.355 e. The van der Waals surface area contributed by atoms with Crippen LogP contribution in [0.25, 0.3) is 11.1 Å². The van der Waals surface area contributed by atoms with Crippen LogP contribution in [-0.2, 0) is 33.9 Å². The van der Waals surface area contributed by atoms with Gasteiger partial charge >= 0.3 is 11.9 Å². The first kappa shape index (κ1) is 22.3. The first-order valence-electron chi connectivity index (χ1n) is 8.83. The average Bonchev–Trinajstić information content (AvgIpc) is 2.77. The van der Waals surface area contributed by atoms with E-state index in [1.54, 1.807) is 18.2 Å². The number of ether oxygens (including phenoxy) is 3. The standard InChI is InChI=1S/C20H19NO9S/c1-28-19(23)15-10-30-11-21(18(15)20(24)29-2)16-8-5-13(9-17(16)31(25,26)27)12-3-6-14(22)7-4-12/h3-9,22H,10-11H2,1-2H3,(H,25,26,27). The zero-order valence-electron chi connectivity index (χ0n) is 16.6. The van der Waals surface area contributed by atoms with Gasteiger partial charge < -0.3 is 24.2 Å². The van der Waals surface area contributed by atoms with E-state index in [4.69, 9.17) is 9.47 Å². The number of phenolic OH excluding ortho intramolecular Hbond substituents is 1. The molecule has 2 aromatic carbocycles. The van der Waals surface area contributed by atoms with Gasteiger partial charge in [-0.2, -0.15) is 8.42 Å². The number of aromatic hydroxyl groups is 1. The van der Waals surface area contributed by atoms with Crippen LogP contribution in [0.2, 0.25) is 0 Å². The summed E-state index contributed by atoms with van der Waals surface area (Å²) in [6, 6.07) is 10.1. The molecule has 0 saturated carbocycles. The Hall–Kier alpha value is -3.41. The van der Waals surface area contributed by atoms with E-state index in [-0.39, 0.29) is 36.0 Å². The summed E-state index contributed by atoms with van der Waals surface area (Å²) in [5.74, 6) is -1.73. The third kappa shape index (κ3) is 4.53. The highest BCUT2D eigenvalue weighted by molar-refractivity contribution is 7.86. The summed E-state index contributed by atoms with van der Waals surface area (Å²) >= 11 is 0. The second-order valence-corrected chi connectivity index (χ2v) is 7.81. The molecule has 3 rings (SSSR count). The van der Waals surface area contributed by atoms with Crippen molar-refractivity contribution in [1.82, 2.24) is 0 Å². The van der Waals surface area contributed by atoms with Gasteiger partial charge in [-0.15, -0.1) is 0 Å². The Kier molecular flexibility index (Phi) is 6.29. The number of esters is 2. The highest BCUT2D eigenvalue weighted by atomic mass is 32.2. The summed E-state index contributed by atoms with van der Waals surface area (Å²) in [7, 11) is -2.53. The van der Waals surface area contributed by atoms with Crippen LogP contribution in [0.15, 0.2) is 58.6 Å². The van der Waals surface area contributed by atoms with Gasteiger partial charge in [0.2, 0.25) is 0 Å². The van der Waals surface area contributed by atoms with Crippen molar-refractivity contribution in [3.63, 3.8) is 0 Å². The zero-order valence-corrected chi connectivity index (χ0v) is 17.4. The maximum absolute atomic E-state index is 12.4. The Morgan fingerprint density at radius 1 is 1.00 bits per heavy atom. The van der Waals surface area contributed by atoms with E-state index in [9.17, 15) is 27.7 Å². The number of nitrogens with zero attached hydrogens (tertiary/aromatic N) is 1. The minimum atomic E-state index is -4.76. The van der Waals surface area contributed by atoms with Crippen molar-refractivity contribution in [2.24, 2.45) is 0 Å². The topological polar surface area (TPSA) is 140 Å². The number of hydrogen-bond donors (Lipinski definition) is 2. The summed E-state index contributed by atoms with van der Waals surface area (Å²) in [5.41, 5.74) is 0.466. The highest BCUT2D eigenvalue weighted by Crippen LogP contribution is 2.35. The Bertz CT molecular complexity index is 1150. The summed E-state index contributed by atoms with van der Waals surface area (Å²) in [6.07, 6.45) is 0. The largest absolute Gasteiger partial charge is 0.508 e. The molecule has 0 atom stereocenters. The molecule has 0 bridgehead atoms. The van der Waals surface area contributed by atoms with Gasteiger partial charge in [-0.1, -0.05) is 18.2 Å². The molecular formula is C20H19NO9S. The number of carbonyl (C=O) groups is 2. The van der Waals surface area contributed by atoms with Crippen molar-refractivity contribution < 1.29 is 41.9 Å². The average molecular weight is 449 g/mol. The van der Waals surface area contributed by atoms with Crippen molar-refractivity contribution in [3.8, 4) is 16.9 Å². The van der Waals surface area contributed by atoms with Gasteiger partial charge in [0.15, 0.2) is 0 Å². The van der Waals surface area contributed by atoms with Crippen LogP contribution in [0.3, 0.4) is 0 Å². The first-order chi connectivity index (χ1) is 14.7. The van der Waals surface area contributed by atoms with Gasteiger partial charge in [0.25, 0.3) is 10.1 Å². The second-order valence-electron chi connectivity index (χ2n) is 6.42. The van der Waals surface area contributed by atoms with Crippen LogP contribution in [0.5, 0.6) is 5.75 Å². The maximum atomic E-state index is 12.4. The third-order valence-electron chi connectivity index (χ3n) is 4.56. The molecule has 0 amide bonds. The summed E-state index contributed by atoms with van der Waals surface area (Å²) in [5, 5.41) is 9.45. The second kappa shape index (κ2) is 8.76. The van der Waals surface area contributed by atoms with E-state index in [0.29, 0.717) is 11.1 Å². The highest BCUT2D eigenvalue weighted by Gasteiger charge is 2.35. The van der Waals surface area contributed by atoms with Crippen molar-refractivity contribution >= 4 is 27.7 Å². The van der Waals surface area contributed by atoms with Crippen LogP contribution in [0.4, 0.5) is 5.69 Å². The monoisotopic (exact) mass is 449 g/mol. The van der Waals surface area contributed by atoms with Gasteiger partial charge in [-0.25, -0.2) is 9.59 Å². The smallest absolute Gasteiger partial charge is 0.355 e. The molecule has 2 N–H and O–H groups in total. The molecule has 1 aliphatic heterocycles. The van der Waals surface area contributed by atoms with E-state index < -0.39 is 27.0 Å². The predicted molar refractivity (Wildman–Crippen MR) is 108 cm³/mol. The van der Waals surface area contributed by atoms with Crippen molar-refractivity contribution in [3.05, 3.63) is 53.7 Å².